The Kier molecular flexibility index (Phi) is 4.96. The van der Waals surface area contributed by atoms with Crippen molar-refractivity contribution < 1.29 is 13.9 Å². The zero-order chi connectivity index (χ0) is 13.8. The quantitative estimate of drug-likeness (QED) is 0.818. The van der Waals surface area contributed by atoms with E-state index in [0.29, 0.717) is 25.3 Å². The molecule has 1 fully saturated rings. The van der Waals surface area contributed by atoms with Crippen LogP contribution in [0.15, 0.2) is 0 Å². The highest BCUT2D eigenvalue weighted by molar-refractivity contribution is 5.67. The maximum Gasteiger partial charge on any atom is 0.407 e. The number of alkyl halides is 1. The van der Waals surface area contributed by atoms with Crippen LogP contribution >= 0.6 is 0 Å². The number of nitrogens with two attached hydrogens (primary N) is 1. The van der Waals surface area contributed by atoms with Gasteiger partial charge in [-0.3, -0.25) is 0 Å². The summed E-state index contributed by atoms with van der Waals surface area (Å²) in [6.45, 7) is 5.99. The molecule has 0 aliphatic heterocycles. The van der Waals surface area contributed by atoms with Gasteiger partial charge in [-0.25, -0.2) is 9.18 Å². The van der Waals surface area contributed by atoms with Crippen LogP contribution in [0.4, 0.5) is 9.18 Å². The molecule has 1 saturated carbocycles. The fourth-order valence-electron chi connectivity index (χ4n) is 2.15. The van der Waals surface area contributed by atoms with E-state index in [-0.39, 0.29) is 6.54 Å². The zero-order valence-electron chi connectivity index (χ0n) is 11.6. The topological polar surface area (TPSA) is 64.3 Å². The molecule has 0 spiro atoms. The average Bonchev–Trinajstić information content (AvgIpc) is 2.26. The van der Waals surface area contributed by atoms with E-state index in [1.807, 2.05) is 0 Å². The minimum atomic E-state index is -1.30. The van der Waals surface area contributed by atoms with Crippen LogP contribution in [-0.4, -0.2) is 30.5 Å². The second-order valence-electron chi connectivity index (χ2n) is 6.19. The lowest BCUT2D eigenvalue weighted by Crippen LogP contribution is -2.44. The van der Waals surface area contributed by atoms with Crippen LogP contribution in [-0.2, 0) is 4.74 Å². The van der Waals surface area contributed by atoms with Gasteiger partial charge in [0.05, 0.1) is 6.54 Å². The minimum absolute atomic E-state index is 0.0270. The summed E-state index contributed by atoms with van der Waals surface area (Å²) >= 11 is 0. The van der Waals surface area contributed by atoms with Gasteiger partial charge in [-0.15, -0.1) is 0 Å². The van der Waals surface area contributed by atoms with Crippen molar-refractivity contribution in [2.75, 3.05) is 13.1 Å². The number of ether oxygens (including phenoxy) is 1. The van der Waals surface area contributed by atoms with E-state index in [0.717, 1.165) is 12.8 Å². The molecule has 0 bridgehead atoms. The van der Waals surface area contributed by atoms with Gasteiger partial charge in [-0.05, 0) is 58.9 Å². The molecule has 106 valence electrons. The second-order valence-corrected chi connectivity index (χ2v) is 6.19. The number of nitrogens with one attached hydrogen (secondary N) is 1. The molecule has 0 aromatic rings. The van der Waals surface area contributed by atoms with Gasteiger partial charge >= 0.3 is 6.09 Å². The van der Waals surface area contributed by atoms with Crippen molar-refractivity contribution in [2.24, 2.45) is 11.7 Å². The molecule has 0 unspecified atom stereocenters. The van der Waals surface area contributed by atoms with E-state index >= 15 is 0 Å². The molecular weight excluding hydrogens is 235 g/mol. The average molecular weight is 260 g/mol. The molecule has 1 aliphatic carbocycles. The molecule has 0 aromatic carbocycles. The van der Waals surface area contributed by atoms with Gasteiger partial charge in [0.2, 0.25) is 0 Å². The third-order valence-corrected chi connectivity index (χ3v) is 3.28. The van der Waals surface area contributed by atoms with Crippen molar-refractivity contribution >= 4 is 6.09 Å². The summed E-state index contributed by atoms with van der Waals surface area (Å²) in [7, 11) is 0. The first-order chi connectivity index (χ1) is 8.24. The molecule has 0 heterocycles. The Morgan fingerprint density at radius 3 is 2.44 bits per heavy atom. The van der Waals surface area contributed by atoms with E-state index in [1.54, 1.807) is 20.8 Å². The lowest BCUT2D eigenvalue weighted by molar-refractivity contribution is 0.0409. The second kappa shape index (κ2) is 5.87. The molecular formula is C13H25FN2O2. The fourth-order valence-corrected chi connectivity index (χ4v) is 2.15. The molecule has 5 heteroatoms. The first kappa shape index (κ1) is 15.2. The van der Waals surface area contributed by atoms with Crippen LogP contribution in [0, 0.1) is 5.92 Å². The van der Waals surface area contributed by atoms with Crippen LogP contribution in [0.2, 0.25) is 0 Å². The number of alkyl carbamates (subject to hydrolysis) is 1. The van der Waals surface area contributed by atoms with Crippen molar-refractivity contribution in [1.82, 2.24) is 5.32 Å². The Hall–Kier alpha value is -0.840. The molecule has 0 saturated heterocycles. The lowest BCUT2D eigenvalue weighted by atomic mass is 9.80. The van der Waals surface area contributed by atoms with Crippen molar-refractivity contribution in [3.8, 4) is 0 Å². The molecule has 4 nitrogen and oxygen atoms in total. The number of halogens is 1. The third-order valence-electron chi connectivity index (χ3n) is 3.28. The summed E-state index contributed by atoms with van der Waals surface area (Å²) in [5.74, 6) is 0.426. The summed E-state index contributed by atoms with van der Waals surface area (Å²) in [5, 5.41) is 2.51. The van der Waals surface area contributed by atoms with Crippen LogP contribution < -0.4 is 11.1 Å². The van der Waals surface area contributed by atoms with Crippen LogP contribution in [0.1, 0.15) is 46.5 Å². The SMILES string of the molecule is CC(C)(C)OC(=O)NCC1(F)CCC(CN)CC1. The summed E-state index contributed by atoms with van der Waals surface area (Å²) in [4.78, 5) is 11.4. The van der Waals surface area contributed by atoms with E-state index in [4.69, 9.17) is 10.5 Å². The molecule has 18 heavy (non-hydrogen) atoms. The standard InChI is InChI=1S/C13H25FN2O2/c1-12(2,3)18-11(17)16-9-13(14)6-4-10(8-15)5-7-13/h10H,4-9,15H2,1-3H3,(H,16,17). The molecule has 1 amide bonds. The van der Waals surface area contributed by atoms with Crippen LogP contribution in [0.5, 0.6) is 0 Å². The number of hydrogen-bond donors (Lipinski definition) is 2. The zero-order valence-corrected chi connectivity index (χ0v) is 11.6. The highest BCUT2D eigenvalue weighted by atomic mass is 19.1. The first-order valence-electron chi connectivity index (χ1n) is 6.60. The molecule has 0 aromatic heterocycles. The van der Waals surface area contributed by atoms with Gasteiger partial charge in [-0.1, -0.05) is 0 Å². The van der Waals surface area contributed by atoms with E-state index in [9.17, 15) is 9.18 Å². The number of rotatable bonds is 3. The number of carbonyl (C=O) groups excluding carboxylic acids is 1. The number of amides is 1. The summed E-state index contributed by atoms with van der Waals surface area (Å²) in [6, 6.07) is 0. The van der Waals surface area contributed by atoms with E-state index in [1.165, 1.54) is 0 Å². The maximum atomic E-state index is 14.4. The Bertz CT molecular complexity index is 281. The molecule has 0 atom stereocenters. The summed E-state index contributed by atoms with van der Waals surface area (Å²) in [6.07, 6.45) is 1.96. The third kappa shape index (κ3) is 5.21. The lowest BCUT2D eigenvalue weighted by Gasteiger charge is -2.33. The number of carbonyl (C=O) groups is 1. The highest BCUT2D eigenvalue weighted by Crippen LogP contribution is 2.34. The van der Waals surface area contributed by atoms with Gasteiger partial charge in [0, 0.05) is 0 Å². The predicted molar refractivity (Wildman–Crippen MR) is 69.1 cm³/mol. The Morgan fingerprint density at radius 2 is 2.00 bits per heavy atom. The molecule has 1 aliphatic rings. The van der Waals surface area contributed by atoms with Gasteiger partial charge < -0.3 is 15.8 Å². The van der Waals surface area contributed by atoms with Gasteiger partial charge in [0.25, 0.3) is 0 Å². The van der Waals surface area contributed by atoms with Gasteiger partial charge in [0.1, 0.15) is 11.3 Å². The number of hydrogen-bond acceptors (Lipinski definition) is 3. The molecule has 1 rings (SSSR count). The molecule has 3 N–H and O–H groups in total. The van der Waals surface area contributed by atoms with E-state index in [2.05, 4.69) is 5.32 Å². The Labute approximate surface area is 108 Å². The summed E-state index contributed by atoms with van der Waals surface area (Å²) in [5.41, 5.74) is 3.72. The Morgan fingerprint density at radius 1 is 1.44 bits per heavy atom. The van der Waals surface area contributed by atoms with Gasteiger partial charge in [-0.2, -0.15) is 0 Å². The van der Waals surface area contributed by atoms with Crippen LogP contribution in [0.3, 0.4) is 0 Å². The summed E-state index contributed by atoms with van der Waals surface area (Å²) < 4.78 is 19.4. The predicted octanol–water partition coefficient (Wildman–Crippen LogP) is 2.37. The largest absolute Gasteiger partial charge is 0.444 e. The van der Waals surface area contributed by atoms with E-state index < -0.39 is 17.4 Å². The maximum absolute atomic E-state index is 14.4. The monoisotopic (exact) mass is 260 g/mol. The van der Waals surface area contributed by atoms with Crippen LogP contribution in [0.25, 0.3) is 0 Å². The fraction of sp³-hybridized carbons (Fsp3) is 0.923. The van der Waals surface area contributed by atoms with Crippen molar-refractivity contribution in [3.05, 3.63) is 0 Å². The first-order valence-corrected chi connectivity index (χ1v) is 6.60. The normalized spacial score (nSPS) is 28.8. The molecule has 0 radical (unpaired) electrons. The van der Waals surface area contributed by atoms with Crippen molar-refractivity contribution in [3.63, 3.8) is 0 Å². The van der Waals surface area contributed by atoms with Crippen molar-refractivity contribution in [2.45, 2.75) is 57.7 Å². The Balaban J connectivity index is 2.32. The van der Waals surface area contributed by atoms with Crippen molar-refractivity contribution in [1.29, 1.82) is 0 Å². The highest BCUT2D eigenvalue weighted by Gasteiger charge is 2.35. The minimum Gasteiger partial charge on any atom is -0.444 e. The van der Waals surface area contributed by atoms with Gasteiger partial charge in [0.15, 0.2) is 0 Å². The smallest absolute Gasteiger partial charge is 0.407 e.